The van der Waals surface area contributed by atoms with E-state index in [4.69, 9.17) is 5.26 Å². The average Bonchev–Trinajstić information content (AvgIpc) is 2.78. The zero-order chi connectivity index (χ0) is 22.0. The minimum absolute atomic E-state index is 0.181. The van der Waals surface area contributed by atoms with Crippen molar-refractivity contribution in [3.8, 4) is 6.07 Å². The first-order chi connectivity index (χ1) is 14.9. The Morgan fingerprint density at radius 2 is 1.81 bits per heavy atom. The summed E-state index contributed by atoms with van der Waals surface area (Å²) in [4.78, 5) is 16.2. The Balaban J connectivity index is 1.38. The first-order valence-corrected chi connectivity index (χ1v) is 10.7. The number of aliphatic hydroxyl groups excluding tert-OH is 1. The number of piperidine rings is 1. The van der Waals surface area contributed by atoms with E-state index in [-0.39, 0.29) is 6.03 Å². The third kappa shape index (κ3) is 4.57. The third-order valence-electron chi connectivity index (χ3n) is 6.35. The highest BCUT2D eigenvalue weighted by Gasteiger charge is 2.29. The number of likely N-dealkylation sites (tertiary alicyclic amines) is 2. The Kier molecular flexibility index (Phi) is 5.97. The van der Waals surface area contributed by atoms with Crippen molar-refractivity contribution in [2.45, 2.75) is 31.8 Å². The number of hydrogen-bond acceptors (Lipinski definition) is 4. The molecule has 0 aromatic heterocycles. The molecule has 2 aromatic rings. The van der Waals surface area contributed by atoms with Gasteiger partial charge in [-0.25, -0.2) is 4.79 Å². The lowest BCUT2D eigenvalue weighted by Crippen LogP contribution is -2.54. The van der Waals surface area contributed by atoms with Crippen LogP contribution in [-0.4, -0.2) is 53.2 Å². The van der Waals surface area contributed by atoms with Gasteiger partial charge >= 0.3 is 6.03 Å². The number of aryl methyl sites for hydroxylation is 1. The fourth-order valence-corrected chi connectivity index (χ4v) is 4.25. The van der Waals surface area contributed by atoms with Crippen LogP contribution in [0.5, 0.6) is 0 Å². The van der Waals surface area contributed by atoms with Crippen molar-refractivity contribution in [1.82, 2.24) is 9.80 Å². The Bertz CT molecular complexity index is 1010. The van der Waals surface area contributed by atoms with E-state index in [0.29, 0.717) is 24.6 Å². The van der Waals surface area contributed by atoms with Gasteiger partial charge in [0.2, 0.25) is 0 Å². The van der Waals surface area contributed by atoms with Crippen LogP contribution in [-0.2, 0) is 0 Å². The molecule has 0 saturated carbocycles. The summed E-state index contributed by atoms with van der Waals surface area (Å²) in [5.74, 6) is 0.497. The standard InChI is InChI=1S/C25H28N4O2/c1-17-3-6-22(13-24(17)27-25(31)29-15-23(30)16-29)18(2)28-11-9-21(10-12-28)20-7-4-19(14-26)5-8-20/h3-8,13,21,23,30H,2,9-12,15-16H2,1H3,(H,27,31). The van der Waals surface area contributed by atoms with Crippen molar-refractivity contribution in [3.05, 3.63) is 71.3 Å². The predicted octanol–water partition coefficient (Wildman–Crippen LogP) is 3.93. The number of carbonyl (C=O) groups excluding carboxylic acids is 1. The number of urea groups is 1. The summed E-state index contributed by atoms with van der Waals surface area (Å²) in [5, 5.41) is 21.4. The van der Waals surface area contributed by atoms with Gasteiger partial charge in [0, 0.05) is 24.5 Å². The molecule has 0 bridgehead atoms. The second-order valence-corrected chi connectivity index (χ2v) is 8.46. The molecule has 2 amide bonds. The SMILES string of the molecule is C=C(c1ccc(C)c(NC(=O)N2CC(O)C2)c1)N1CCC(c2ccc(C#N)cc2)CC1. The molecule has 31 heavy (non-hydrogen) atoms. The molecule has 2 saturated heterocycles. The molecule has 2 fully saturated rings. The Morgan fingerprint density at radius 1 is 1.13 bits per heavy atom. The van der Waals surface area contributed by atoms with Crippen LogP contribution in [0.15, 0.2) is 49.0 Å². The third-order valence-corrected chi connectivity index (χ3v) is 6.35. The van der Waals surface area contributed by atoms with Crippen molar-refractivity contribution in [1.29, 1.82) is 5.26 Å². The van der Waals surface area contributed by atoms with Gasteiger partial charge in [-0.1, -0.05) is 30.8 Å². The van der Waals surface area contributed by atoms with E-state index in [1.165, 1.54) is 5.56 Å². The van der Waals surface area contributed by atoms with Crippen LogP contribution in [0.1, 0.15) is 41.0 Å². The summed E-state index contributed by atoms with van der Waals surface area (Å²) >= 11 is 0. The number of benzene rings is 2. The lowest BCUT2D eigenvalue weighted by atomic mass is 9.88. The Hall–Kier alpha value is -3.30. The van der Waals surface area contributed by atoms with Gasteiger partial charge < -0.3 is 20.2 Å². The summed E-state index contributed by atoms with van der Waals surface area (Å²) in [6, 6.07) is 16.0. The molecule has 2 aromatic carbocycles. The zero-order valence-corrected chi connectivity index (χ0v) is 17.8. The van der Waals surface area contributed by atoms with E-state index in [1.54, 1.807) is 4.90 Å². The van der Waals surface area contributed by atoms with Crippen molar-refractivity contribution < 1.29 is 9.90 Å². The number of nitrogens with zero attached hydrogens (tertiary/aromatic N) is 3. The second kappa shape index (κ2) is 8.83. The van der Waals surface area contributed by atoms with Crippen molar-refractivity contribution in [3.63, 3.8) is 0 Å². The highest BCUT2D eigenvalue weighted by molar-refractivity contribution is 5.91. The van der Waals surface area contributed by atoms with E-state index in [1.807, 2.05) is 37.3 Å². The Labute approximate surface area is 183 Å². The lowest BCUT2D eigenvalue weighted by Gasteiger charge is -2.36. The number of hydrogen-bond donors (Lipinski definition) is 2. The maximum atomic E-state index is 12.3. The molecular formula is C25H28N4O2. The molecule has 2 N–H and O–H groups in total. The second-order valence-electron chi connectivity index (χ2n) is 8.46. The van der Waals surface area contributed by atoms with Crippen LogP contribution >= 0.6 is 0 Å². The maximum Gasteiger partial charge on any atom is 0.322 e. The number of nitriles is 1. The van der Waals surface area contributed by atoms with Gasteiger partial charge in [-0.15, -0.1) is 0 Å². The molecule has 6 heteroatoms. The van der Waals surface area contributed by atoms with Gasteiger partial charge in [0.15, 0.2) is 0 Å². The van der Waals surface area contributed by atoms with Gasteiger partial charge in [0.1, 0.15) is 0 Å². The van der Waals surface area contributed by atoms with Crippen LogP contribution < -0.4 is 5.32 Å². The molecule has 2 heterocycles. The van der Waals surface area contributed by atoms with E-state index >= 15 is 0 Å². The summed E-state index contributed by atoms with van der Waals surface area (Å²) < 4.78 is 0. The first kappa shape index (κ1) is 21.0. The lowest BCUT2D eigenvalue weighted by molar-refractivity contribution is 0.0308. The molecule has 0 spiro atoms. The van der Waals surface area contributed by atoms with Crippen molar-refractivity contribution in [2.75, 3.05) is 31.5 Å². The molecular weight excluding hydrogens is 388 g/mol. The minimum Gasteiger partial charge on any atom is -0.389 e. The molecule has 0 aliphatic carbocycles. The van der Waals surface area contributed by atoms with Crippen molar-refractivity contribution in [2.24, 2.45) is 0 Å². The highest BCUT2D eigenvalue weighted by atomic mass is 16.3. The van der Waals surface area contributed by atoms with Crippen LogP contribution in [0.2, 0.25) is 0 Å². The summed E-state index contributed by atoms with van der Waals surface area (Å²) in [6.07, 6.45) is 1.67. The number of carbonyl (C=O) groups is 1. The molecule has 2 aliphatic heterocycles. The first-order valence-electron chi connectivity index (χ1n) is 10.7. The molecule has 0 atom stereocenters. The fourth-order valence-electron chi connectivity index (χ4n) is 4.25. The number of anilines is 1. The quantitative estimate of drug-likeness (QED) is 0.792. The van der Waals surface area contributed by atoms with Gasteiger partial charge in [-0.2, -0.15) is 5.26 Å². The number of nitrogens with one attached hydrogen (secondary N) is 1. The van der Waals surface area contributed by atoms with E-state index in [2.05, 4.69) is 35.0 Å². The summed E-state index contributed by atoms with van der Waals surface area (Å²) in [7, 11) is 0. The highest BCUT2D eigenvalue weighted by Crippen LogP contribution is 2.32. The van der Waals surface area contributed by atoms with Gasteiger partial charge in [0.05, 0.1) is 30.8 Å². The average molecular weight is 417 g/mol. The summed E-state index contributed by atoms with van der Waals surface area (Å²) in [5.41, 5.74) is 5.72. The van der Waals surface area contributed by atoms with Gasteiger partial charge in [0.25, 0.3) is 0 Å². The zero-order valence-electron chi connectivity index (χ0n) is 17.8. The molecule has 6 nitrogen and oxygen atoms in total. The van der Waals surface area contributed by atoms with E-state index < -0.39 is 6.10 Å². The van der Waals surface area contributed by atoms with Crippen LogP contribution in [0.3, 0.4) is 0 Å². The monoisotopic (exact) mass is 416 g/mol. The normalized spacial score (nSPS) is 17.1. The van der Waals surface area contributed by atoms with Gasteiger partial charge in [-0.05, 0) is 60.6 Å². The van der Waals surface area contributed by atoms with E-state index in [0.717, 1.165) is 48.4 Å². The minimum atomic E-state index is -0.412. The predicted molar refractivity (Wildman–Crippen MR) is 122 cm³/mol. The molecule has 4 rings (SSSR count). The number of β-amino-alcohol motifs (C(OH)–C–C–N with tert-alkyl or cyclic N) is 1. The summed E-state index contributed by atoms with van der Waals surface area (Å²) in [6.45, 7) is 8.90. The van der Waals surface area contributed by atoms with Crippen LogP contribution in [0, 0.1) is 18.3 Å². The number of rotatable bonds is 4. The van der Waals surface area contributed by atoms with E-state index in [9.17, 15) is 9.90 Å². The van der Waals surface area contributed by atoms with Crippen LogP contribution in [0.4, 0.5) is 10.5 Å². The molecule has 2 aliphatic rings. The molecule has 160 valence electrons. The number of amides is 2. The Morgan fingerprint density at radius 3 is 2.42 bits per heavy atom. The van der Waals surface area contributed by atoms with Crippen LogP contribution in [0.25, 0.3) is 5.70 Å². The fraction of sp³-hybridized carbons (Fsp3) is 0.360. The van der Waals surface area contributed by atoms with Gasteiger partial charge in [-0.3, -0.25) is 0 Å². The van der Waals surface area contributed by atoms with Crippen molar-refractivity contribution >= 4 is 17.4 Å². The largest absolute Gasteiger partial charge is 0.389 e. The maximum absolute atomic E-state index is 12.3. The molecule has 0 unspecified atom stereocenters. The topological polar surface area (TPSA) is 79.6 Å². The molecule has 0 radical (unpaired) electrons. The smallest absolute Gasteiger partial charge is 0.322 e. The number of aliphatic hydroxyl groups is 1.